The van der Waals surface area contributed by atoms with E-state index in [1.54, 1.807) is 13.0 Å². The minimum absolute atomic E-state index is 0.0317. The largest absolute Gasteiger partial charge is 0.384 e. The molecular formula is C11H15ClFNO. The molecule has 0 aromatic heterocycles. The van der Waals surface area contributed by atoms with Crippen molar-refractivity contribution >= 4 is 11.6 Å². The third-order valence-corrected chi connectivity index (χ3v) is 2.55. The maximum atomic E-state index is 12.9. The number of hydrogen-bond acceptors (Lipinski definition) is 2. The van der Waals surface area contributed by atoms with Gasteiger partial charge in [0.1, 0.15) is 5.82 Å². The van der Waals surface area contributed by atoms with Gasteiger partial charge in [-0.1, -0.05) is 24.6 Å². The predicted octanol–water partition coefficient (Wildman–Crippen LogP) is 2.30. The minimum atomic E-state index is -1.03. The number of nitrogens with one attached hydrogen (secondary N) is 1. The number of likely N-dealkylation sites (N-methyl/N-ethyl adjacent to an activating group) is 1. The second kappa shape index (κ2) is 4.92. The molecule has 0 radical (unpaired) electrons. The van der Waals surface area contributed by atoms with E-state index in [-0.39, 0.29) is 5.02 Å². The van der Waals surface area contributed by atoms with Gasteiger partial charge in [0.15, 0.2) is 0 Å². The molecule has 15 heavy (non-hydrogen) atoms. The van der Waals surface area contributed by atoms with Crippen LogP contribution in [0.3, 0.4) is 0 Å². The van der Waals surface area contributed by atoms with Crippen LogP contribution in [0.4, 0.5) is 4.39 Å². The number of rotatable bonds is 4. The standard InChI is InChI=1S/C11H15ClFNO/c1-3-14-7-11(2,15)8-4-5-10(13)9(12)6-8/h4-6,14-15H,3,7H2,1-2H3. The summed E-state index contributed by atoms with van der Waals surface area (Å²) in [5.41, 5.74) is -0.428. The summed E-state index contributed by atoms with van der Waals surface area (Å²) in [5.74, 6) is -0.473. The fourth-order valence-corrected chi connectivity index (χ4v) is 1.48. The molecule has 2 nitrogen and oxygen atoms in total. The molecule has 0 saturated heterocycles. The van der Waals surface area contributed by atoms with E-state index in [4.69, 9.17) is 11.6 Å². The molecule has 1 rings (SSSR count). The van der Waals surface area contributed by atoms with Crippen LogP contribution in [0.2, 0.25) is 5.02 Å². The Morgan fingerprint density at radius 3 is 2.73 bits per heavy atom. The molecule has 0 aliphatic rings. The second-order valence-corrected chi connectivity index (χ2v) is 4.09. The first-order chi connectivity index (χ1) is 6.97. The smallest absolute Gasteiger partial charge is 0.141 e. The van der Waals surface area contributed by atoms with E-state index in [1.165, 1.54) is 12.1 Å². The quantitative estimate of drug-likeness (QED) is 0.834. The Hall–Kier alpha value is -0.640. The first kappa shape index (κ1) is 12.4. The molecule has 1 aromatic carbocycles. The van der Waals surface area contributed by atoms with Gasteiger partial charge >= 0.3 is 0 Å². The SMILES string of the molecule is CCNCC(C)(O)c1ccc(F)c(Cl)c1. The van der Waals surface area contributed by atoms with Crippen LogP contribution >= 0.6 is 11.6 Å². The summed E-state index contributed by atoms with van der Waals surface area (Å²) in [4.78, 5) is 0. The van der Waals surface area contributed by atoms with Gasteiger partial charge in [0.25, 0.3) is 0 Å². The van der Waals surface area contributed by atoms with Crippen molar-refractivity contribution in [2.45, 2.75) is 19.4 Å². The maximum absolute atomic E-state index is 12.9. The average Bonchev–Trinajstić information content (AvgIpc) is 2.19. The summed E-state index contributed by atoms with van der Waals surface area (Å²) in [5, 5.41) is 13.2. The Morgan fingerprint density at radius 2 is 2.20 bits per heavy atom. The van der Waals surface area contributed by atoms with Crippen LogP contribution in [0.5, 0.6) is 0 Å². The second-order valence-electron chi connectivity index (χ2n) is 3.68. The molecule has 2 N–H and O–H groups in total. The van der Waals surface area contributed by atoms with Crippen LogP contribution in [0.15, 0.2) is 18.2 Å². The molecule has 0 saturated carbocycles. The van der Waals surface area contributed by atoms with Crippen LogP contribution in [0.1, 0.15) is 19.4 Å². The van der Waals surface area contributed by atoms with Crippen molar-refractivity contribution in [3.63, 3.8) is 0 Å². The van der Waals surface area contributed by atoms with Crippen LogP contribution < -0.4 is 5.32 Å². The number of benzene rings is 1. The van der Waals surface area contributed by atoms with Crippen molar-refractivity contribution in [1.82, 2.24) is 5.32 Å². The van der Waals surface area contributed by atoms with Crippen molar-refractivity contribution in [1.29, 1.82) is 0 Å². The normalized spacial score (nSPS) is 15.0. The summed E-state index contributed by atoms with van der Waals surface area (Å²) in [6, 6.07) is 4.25. The summed E-state index contributed by atoms with van der Waals surface area (Å²) in [6.07, 6.45) is 0. The number of hydrogen-bond donors (Lipinski definition) is 2. The van der Waals surface area contributed by atoms with Gasteiger partial charge < -0.3 is 10.4 Å². The van der Waals surface area contributed by atoms with Gasteiger partial charge in [-0.15, -0.1) is 0 Å². The molecular weight excluding hydrogens is 217 g/mol. The molecule has 4 heteroatoms. The summed E-state index contributed by atoms with van der Waals surface area (Å²) < 4.78 is 12.9. The molecule has 0 aliphatic heterocycles. The van der Waals surface area contributed by atoms with E-state index in [2.05, 4.69) is 5.32 Å². The van der Waals surface area contributed by atoms with Crippen LogP contribution in [-0.4, -0.2) is 18.2 Å². The molecule has 1 aromatic rings. The molecule has 0 fully saturated rings. The third-order valence-electron chi connectivity index (χ3n) is 2.26. The fraction of sp³-hybridized carbons (Fsp3) is 0.455. The lowest BCUT2D eigenvalue weighted by atomic mass is 9.96. The van der Waals surface area contributed by atoms with E-state index in [0.29, 0.717) is 12.1 Å². The highest BCUT2D eigenvalue weighted by atomic mass is 35.5. The molecule has 1 unspecified atom stereocenters. The highest BCUT2D eigenvalue weighted by molar-refractivity contribution is 6.30. The summed E-state index contributed by atoms with van der Waals surface area (Å²) >= 11 is 5.65. The van der Waals surface area contributed by atoms with E-state index in [1.807, 2.05) is 6.92 Å². The zero-order valence-electron chi connectivity index (χ0n) is 8.85. The van der Waals surface area contributed by atoms with Crippen LogP contribution in [0.25, 0.3) is 0 Å². The predicted molar refractivity (Wildman–Crippen MR) is 59.5 cm³/mol. The van der Waals surface area contributed by atoms with E-state index in [0.717, 1.165) is 6.54 Å². The Labute approximate surface area is 94.1 Å². The van der Waals surface area contributed by atoms with E-state index < -0.39 is 11.4 Å². The molecule has 84 valence electrons. The fourth-order valence-electron chi connectivity index (χ4n) is 1.30. The molecule has 1 atom stereocenters. The summed E-state index contributed by atoms with van der Waals surface area (Å²) in [7, 11) is 0. The lowest BCUT2D eigenvalue weighted by molar-refractivity contribution is 0.0575. The first-order valence-corrected chi connectivity index (χ1v) is 5.24. The molecule has 0 spiro atoms. The van der Waals surface area contributed by atoms with Gasteiger partial charge in [0, 0.05) is 6.54 Å². The zero-order chi connectivity index (χ0) is 11.5. The van der Waals surface area contributed by atoms with Crippen molar-refractivity contribution in [2.75, 3.05) is 13.1 Å². The Kier molecular flexibility index (Phi) is 4.08. The Bertz CT molecular complexity index is 341. The van der Waals surface area contributed by atoms with Crippen molar-refractivity contribution in [3.8, 4) is 0 Å². The molecule has 0 bridgehead atoms. The molecule has 0 amide bonds. The van der Waals surface area contributed by atoms with Gasteiger partial charge in [-0.05, 0) is 31.2 Å². The van der Waals surface area contributed by atoms with Gasteiger partial charge in [0.2, 0.25) is 0 Å². The van der Waals surface area contributed by atoms with Gasteiger partial charge in [-0.2, -0.15) is 0 Å². The van der Waals surface area contributed by atoms with E-state index in [9.17, 15) is 9.50 Å². The van der Waals surface area contributed by atoms with Gasteiger partial charge in [-0.25, -0.2) is 4.39 Å². The molecule has 0 aliphatic carbocycles. The number of halogens is 2. The van der Waals surface area contributed by atoms with Crippen LogP contribution in [0, 0.1) is 5.82 Å². The average molecular weight is 232 g/mol. The molecule has 0 heterocycles. The van der Waals surface area contributed by atoms with E-state index >= 15 is 0 Å². The number of aliphatic hydroxyl groups is 1. The van der Waals surface area contributed by atoms with Gasteiger partial charge in [0.05, 0.1) is 10.6 Å². The highest BCUT2D eigenvalue weighted by Gasteiger charge is 2.23. The highest BCUT2D eigenvalue weighted by Crippen LogP contribution is 2.24. The third kappa shape index (κ3) is 3.16. The minimum Gasteiger partial charge on any atom is -0.384 e. The first-order valence-electron chi connectivity index (χ1n) is 4.86. The zero-order valence-corrected chi connectivity index (χ0v) is 9.61. The lowest BCUT2D eigenvalue weighted by Crippen LogP contribution is -2.35. The topological polar surface area (TPSA) is 32.3 Å². The Balaban J connectivity index is 2.89. The monoisotopic (exact) mass is 231 g/mol. The maximum Gasteiger partial charge on any atom is 0.141 e. The van der Waals surface area contributed by atoms with Crippen molar-refractivity contribution in [3.05, 3.63) is 34.6 Å². The van der Waals surface area contributed by atoms with Crippen molar-refractivity contribution in [2.24, 2.45) is 0 Å². The Morgan fingerprint density at radius 1 is 1.53 bits per heavy atom. The van der Waals surface area contributed by atoms with Crippen molar-refractivity contribution < 1.29 is 9.50 Å². The summed E-state index contributed by atoms with van der Waals surface area (Å²) in [6.45, 7) is 4.80. The lowest BCUT2D eigenvalue weighted by Gasteiger charge is -2.24. The van der Waals surface area contributed by atoms with Crippen LogP contribution in [-0.2, 0) is 5.60 Å². The van der Waals surface area contributed by atoms with Gasteiger partial charge in [-0.3, -0.25) is 0 Å².